The van der Waals surface area contributed by atoms with Crippen LogP contribution < -0.4 is 10.2 Å². The number of fused-ring (bicyclic) bond motifs is 8. The minimum absolute atomic E-state index is 0.872. The highest BCUT2D eigenvalue weighted by Gasteiger charge is 2.20. The maximum Gasteiger partial charge on any atom is 0.159 e. The second-order valence-corrected chi connectivity index (χ2v) is 17.5. The van der Waals surface area contributed by atoms with Gasteiger partial charge in [0, 0.05) is 44.3 Å². The van der Waals surface area contributed by atoms with E-state index in [4.69, 9.17) is 8.83 Å². The first-order chi connectivity index (χ1) is 31.0. The van der Waals surface area contributed by atoms with Gasteiger partial charge in [0.05, 0.1) is 19.1 Å². The average molecular weight is 1010 g/mol. The summed E-state index contributed by atoms with van der Waals surface area (Å²) in [7, 11) is 0. The SMILES string of the molecule is Brc1cccc2c1oc1c(Br)cccc12.Brc1cccc2c1oc1c(N(c3ccccc3)c3ccc4ccccc4c3)cccc12.c1ccc(Nc2ccc3ccccc3c2)cc1. The molecule has 4 nitrogen and oxygen atoms in total. The molecule has 304 valence electrons. The van der Waals surface area contributed by atoms with Crippen molar-refractivity contribution in [2.24, 2.45) is 0 Å². The molecular formula is C56H37Br3N2O2. The molecule has 0 saturated heterocycles. The van der Waals surface area contributed by atoms with Gasteiger partial charge < -0.3 is 19.1 Å². The van der Waals surface area contributed by atoms with Crippen LogP contribution in [0.5, 0.6) is 0 Å². The number of furan rings is 2. The van der Waals surface area contributed by atoms with E-state index < -0.39 is 0 Å². The zero-order valence-corrected chi connectivity index (χ0v) is 38.4. The topological polar surface area (TPSA) is 41.6 Å². The second-order valence-electron chi connectivity index (χ2n) is 15.0. The molecule has 0 atom stereocenters. The summed E-state index contributed by atoms with van der Waals surface area (Å²) in [5, 5.41) is 12.9. The van der Waals surface area contributed by atoms with E-state index >= 15 is 0 Å². The fourth-order valence-corrected chi connectivity index (χ4v) is 9.32. The van der Waals surface area contributed by atoms with Crippen molar-refractivity contribution in [1.29, 1.82) is 0 Å². The van der Waals surface area contributed by atoms with Gasteiger partial charge in [-0.3, -0.25) is 0 Å². The van der Waals surface area contributed by atoms with Crippen molar-refractivity contribution in [2.75, 3.05) is 10.2 Å². The Hall–Kier alpha value is -6.64. The molecule has 2 aromatic heterocycles. The molecule has 0 aliphatic heterocycles. The summed E-state index contributed by atoms with van der Waals surface area (Å²) < 4.78 is 15.2. The summed E-state index contributed by atoms with van der Waals surface area (Å²) >= 11 is 10.6. The number of rotatable bonds is 5. The van der Waals surface area contributed by atoms with Crippen LogP contribution in [0.15, 0.2) is 241 Å². The lowest BCUT2D eigenvalue weighted by Crippen LogP contribution is -2.10. The van der Waals surface area contributed by atoms with Gasteiger partial charge >= 0.3 is 0 Å². The highest BCUT2D eigenvalue weighted by Crippen LogP contribution is 2.44. The summed E-state index contributed by atoms with van der Waals surface area (Å²) in [6.07, 6.45) is 0. The Morgan fingerprint density at radius 2 is 0.762 bits per heavy atom. The smallest absolute Gasteiger partial charge is 0.159 e. The molecule has 10 aromatic carbocycles. The predicted octanol–water partition coefficient (Wildman–Crippen LogP) is 18.7. The standard InChI is InChI=1S/C28H18BrNO.C16H13N.C12H6Br2O/c29-25-14-6-12-23-24-13-7-15-26(28(24)31-27(23)25)30(21-10-2-1-3-11-21)22-17-16-19-8-4-5-9-20(19)18-22;1-2-8-15(9-3-1)17-16-11-10-13-6-4-5-7-14(13)12-16;13-9-5-1-3-7-8-4-2-6-10(14)12(8)15-11(7)9/h1-18H;1-12,17H;1-6H. The van der Waals surface area contributed by atoms with E-state index in [0.717, 1.165) is 85.7 Å². The molecule has 12 rings (SSSR count). The van der Waals surface area contributed by atoms with Crippen LogP contribution in [0, 0.1) is 0 Å². The van der Waals surface area contributed by atoms with Gasteiger partial charge in [0.15, 0.2) is 5.58 Å². The van der Waals surface area contributed by atoms with Gasteiger partial charge in [-0.05, 0) is 142 Å². The summed E-state index contributed by atoms with van der Waals surface area (Å²) in [5.41, 5.74) is 8.98. The first-order valence-corrected chi connectivity index (χ1v) is 22.9. The van der Waals surface area contributed by atoms with Crippen LogP contribution >= 0.6 is 47.8 Å². The molecular weight excluding hydrogens is 972 g/mol. The van der Waals surface area contributed by atoms with Crippen molar-refractivity contribution in [2.45, 2.75) is 0 Å². The Bertz CT molecular complexity index is 3490. The van der Waals surface area contributed by atoms with Crippen LogP contribution in [0.25, 0.3) is 65.4 Å². The van der Waals surface area contributed by atoms with Crippen LogP contribution in [0.4, 0.5) is 28.4 Å². The summed E-state index contributed by atoms with van der Waals surface area (Å²) in [6, 6.07) is 75.2. The van der Waals surface area contributed by atoms with Gasteiger partial charge in [-0.2, -0.15) is 0 Å². The summed E-state index contributed by atoms with van der Waals surface area (Å²) in [5.74, 6) is 0. The number of hydrogen-bond acceptors (Lipinski definition) is 4. The van der Waals surface area contributed by atoms with Crippen LogP contribution in [0.1, 0.15) is 0 Å². The Morgan fingerprint density at radius 1 is 0.317 bits per heavy atom. The maximum atomic E-state index is 6.44. The largest absolute Gasteiger partial charge is 0.454 e. The van der Waals surface area contributed by atoms with Crippen LogP contribution in [-0.4, -0.2) is 0 Å². The van der Waals surface area contributed by atoms with Gasteiger partial charge in [-0.25, -0.2) is 0 Å². The molecule has 0 fully saturated rings. The Morgan fingerprint density at radius 3 is 1.33 bits per heavy atom. The molecule has 1 N–H and O–H groups in total. The van der Waals surface area contributed by atoms with Crippen LogP contribution in [0.3, 0.4) is 0 Å². The third-order valence-corrected chi connectivity index (χ3v) is 12.8. The van der Waals surface area contributed by atoms with Crippen molar-refractivity contribution < 1.29 is 8.83 Å². The summed E-state index contributed by atoms with van der Waals surface area (Å²) in [6.45, 7) is 0. The first kappa shape index (κ1) is 40.4. The van der Waals surface area contributed by atoms with E-state index in [-0.39, 0.29) is 0 Å². The molecule has 2 heterocycles. The molecule has 0 unspecified atom stereocenters. The van der Waals surface area contributed by atoms with Crippen molar-refractivity contribution in [3.63, 3.8) is 0 Å². The van der Waals surface area contributed by atoms with Gasteiger partial charge in [-0.15, -0.1) is 0 Å². The molecule has 12 aromatic rings. The monoisotopic (exact) mass is 1010 g/mol. The number of anilines is 5. The molecule has 0 aliphatic carbocycles. The number of hydrogen-bond donors (Lipinski definition) is 1. The molecule has 0 saturated carbocycles. The van der Waals surface area contributed by atoms with Gasteiger partial charge in [-0.1, -0.05) is 146 Å². The minimum Gasteiger partial charge on any atom is -0.454 e. The lowest BCUT2D eigenvalue weighted by molar-refractivity contribution is 0.664. The molecule has 0 radical (unpaired) electrons. The molecule has 0 aliphatic rings. The third kappa shape index (κ3) is 8.35. The zero-order valence-electron chi connectivity index (χ0n) is 33.7. The molecule has 63 heavy (non-hydrogen) atoms. The Kier molecular flexibility index (Phi) is 11.5. The lowest BCUT2D eigenvalue weighted by Gasteiger charge is -2.25. The Balaban J connectivity index is 0.000000124. The third-order valence-electron chi connectivity index (χ3n) is 10.9. The zero-order chi connectivity index (χ0) is 42.7. The van der Waals surface area contributed by atoms with E-state index in [1.807, 2.05) is 60.7 Å². The number of para-hydroxylation sites is 6. The normalized spacial score (nSPS) is 11.1. The van der Waals surface area contributed by atoms with Crippen molar-refractivity contribution in [3.8, 4) is 0 Å². The molecule has 7 heteroatoms. The molecule has 0 spiro atoms. The number of nitrogens with one attached hydrogen (secondary N) is 1. The second kappa shape index (κ2) is 18.0. The number of benzene rings is 10. The lowest BCUT2D eigenvalue weighted by atomic mass is 10.1. The van der Waals surface area contributed by atoms with Crippen molar-refractivity contribution in [1.82, 2.24) is 0 Å². The molecule has 0 bridgehead atoms. The quantitative estimate of drug-likeness (QED) is 0.187. The number of nitrogens with zero attached hydrogens (tertiary/aromatic N) is 1. The van der Waals surface area contributed by atoms with Crippen LogP contribution in [0.2, 0.25) is 0 Å². The fraction of sp³-hybridized carbons (Fsp3) is 0. The first-order valence-electron chi connectivity index (χ1n) is 20.5. The minimum atomic E-state index is 0.872. The van der Waals surface area contributed by atoms with Crippen molar-refractivity contribution in [3.05, 3.63) is 232 Å². The van der Waals surface area contributed by atoms with E-state index in [1.165, 1.54) is 21.5 Å². The van der Waals surface area contributed by atoms with Gasteiger partial charge in [0.2, 0.25) is 0 Å². The van der Waals surface area contributed by atoms with E-state index in [1.54, 1.807) is 0 Å². The number of halogens is 3. The van der Waals surface area contributed by atoms with Gasteiger partial charge in [0.25, 0.3) is 0 Å². The predicted molar refractivity (Wildman–Crippen MR) is 276 cm³/mol. The van der Waals surface area contributed by atoms with E-state index in [9.17, 15) is 0 Å². The van der Waals surface area contributed by atoms with Gasteiger partial charge in [0.1, 0.15) is 16.7 Å². The van der Waals surface area contributed by atoms with Crippen LogP contribution in [-0.2, 0) is 0 Å². The molecule has 0 amide bonds. The fourth-order valence-electron chi connectivity index (χ4n) is 7.97. The highest BCUT2D eigenvalue weighted by molar-refractivity contribution is 9.11. The maximum absolute atomic E-state index is 6.44. The van der Waals surface area contributed by atoms with E-state index in [2.05, 4.69) is 216 Å². The van der Waals surface area contributed by atoms with E-state index in [0.29, 0.717) is 0 Å². The Labute approximate surface area is 389 Å². The highest BCUT2D eigenvalue weighted by atomic mass is 79.9. The summed E-state index contributed by atoms with van der Waals surface area (Å²) in [4.78, 5) is 2.27. The average Bonchev–Trinajstić information content (AvgIpc) is 3.92. The van der Waals surface area contributed by atoms with Crippen molar-refractivity contribution >= 4 is 142 Å².